The minimum absolute atomic E-state index is 0.0481. The first-order valence-corrected chi connectivity index (χ1v) is 6.01. The number of benzene rings is 2. The smallest absolute Gasteiger partial charge is 0.273 e. The van der Waals surface area contributed by atoms with Crippen LogP contribution in [0.25, 0.3) is 0 Å². The number of nitriles is 1. The second-order valence-electron chi connectivity index (χ2n) is 3.64. The molecule has 0 aliphatic heterocycles. The van der Waals surface area contributed by atoms with Crippen LogP contribution in [0.2, 0.25) is 0 Å². The molecule has 0 bridgehead atoms. The van der Waals surface area contributed by atoms with Gasteiger partial charge >= 0.3 is 0 Å². The van der Waals surface area contributed by atoms with Crippen LogP contribution >= 0.6 is 15.9 Å². The standard InChI is InChI=1S/C13H7BrN2O3/c14-10-4-9(8-15)5-13(6-10)19-12-3-1-2-11(7-12)16(17)18/h1-7H. The number of nitrogens with zero attached hydrogens (tertiary/aromatic N) is 2. The summed E-state index contributed by atoms with van der Waals surface area (Å²) in [5.41, 5.74) is 0.391. The lowest BCUT2D eigenvalue weighted by atomic mass is 10.2. The van der Waals surface area contributed by atoms with E-state index in [1.807, 2.05) is 6.07 Å². The van der Waals surface area contributed by atoms with Crippen molar-refractivity contribution in [1.29, 1.82) is 5.26 Å². The van der Waals surface area contributed by atoms with E-state index in [2.05, 4.69) is 15.9 Å². The molecular weight excluding hydrogens is 312 g/mol. The average Bonchev–Trinajstić information content (AvgIpc) is 2.38. The summed E-state index contributed by atoms with van der Waals surface area (Å²) in [5, 5.41) is 19.5. The summed E-state index contributed by atoms with van der Waals surface area (Å²) in [6.45, 7) is 0. The average molecular weight is 319 g/mol. The predicted molar refractivity (Wildman–Crippen MR) is 72.0 cm³/mol. The van der Waals surface area contributed by atoms with Gasteiger partial charge in [0.2, 0.25) is 0 Å². The Labute approximate surface area is 117 Å². The number of nitro groups is 1. The lowest BCUT2D eigenvalue weighted by molar-refractivity contribution is -0.384. The molecule has 0 saturated carbocycles. The first-order valence-electron chi connectivity index (χ1n) is 5.21. The molecule has 0 radical (unpaired) electrons. The summed E-state index contributed by atoms with van der Waals surface area (Å²) in [6.07, 6.45) is 0. The number of hydrogen-bond donors (Lipinski definition) is 0. The maximum absolute atomic E-state index is 10.7. The van der Waals surface area contributed by atoms with Crippen molar-refractivity contribution in [3.8, 4) is 17.6 Å². The molecule has 0 spiro atoms. The molecule has 94 valence electrons. The fraction of sp³-hybridized carbons (Fsp3) is 0. The van der Waals surface area contributed by atoms with E-state index in [0.29, 0.717) is 21.5 Å². The van der Waals surface area contributed by atoms with Gasteiger partial charge in [0.15, 0.2) is 0 Å². The number of nitro benzene ring substituents is 1. The Bertz CT molecular complexity index is 680. The van der Waals surface area contributed by atoms with Crippen molar-refractivity contribution in [2.24, 2.45) is 0 Å². The van der Waals surface area contributed by atoms with E-state index in [0.717, 1.165) is 0 Å². The van der Waals surface area contributed by atoms with Gasteiger partial charge in [0.25, 0.3) is 5.69 Å². The molecule has 0 N–H and O–H groups in total. The molecule has 0 fully saturated rings. The number of non-ortho nitro benzene ring substituents is 1. The quantitative estimate of drug-likeness (QED) is 0.632. The minimum atomic E-state index is -0.492. The van der Waals surface area contributed by atoms with Gasteiger partial charge in [0.05, 0.1) is 22.6 Å². The molecule has 0 aromatic heterocycles. The number of hydrogen-bond acceptors (Lipinski definition) is 4. The maximum Gasteiger partial charge on any atom is 0.273 e. The van der Waals surface area contributed by atoms with Gasteiger partial charge in [-0.05, 0) is 24.3 Å². The summed E-state index contributed by atoms with van der Waals surface area (Å²) in [6, 6.07) is 12.8. The van der Waals surface area contributed by atoms with Gasteiger partial charge in [-0.3, -0.25) is 10.1 Å². The summed E-state index contributed by atoms with van der Waals surface area (Å²) < 4.78 is 6.21. The van der Waals surface area contributed by atoms with Gasteiger partial charge in [-0.1, -0.05) is 22.0 Å². The Morgan fingerprint density at radius 1 is 1.21 bits per heavy atom. The van der Waals surface area contributed by atoms with Crippen molar-refractivity contribution < 1.29 is 9.66 Å². The third-order valence-corrected chi connectivity index (χ3v) is 2.72. The zero-order chi connectivity index (χ0) is 13.8. The van der Waals surface area contributed by atoms with E-state index in [-0.39, 0.29) is 5.69 Å². The third kappa shape index (κ3) is 3.30. The van der Waals surface area contributed by atoms with Crippen molar-refractivity contribution in [1.82, 2.24) is 0 Å². The predicted octanol–water partition coefficient (Wildman–Crippen LogP) is 4.02. The largest absolute Gasteiger partial charge is 0.457 e. The van der Waals surface area contributed by atoms with Crippen molar-refractivity contribution >= 4 is 21.6 Å². The summed E-state index contributed by atoms with van der Waals surface area (Å²) in [4.78, 5) is 10.2. The Morgan fingerprint density at radius 3 is 2.68 bits per heavy atom. The van der Waals surface area contributed by atoms with Gasteiger partial charge in [0, 0.05) is 10.5 Å². The van der Waals surface area contributed by atoms with E-state index >= 15 is 0 Å². The van der Waals surface area contributed by atoms with Crippen LogP contribution in [0.15, 0.2) is 46.9 Å². The van der Waals surface area contributed by atoms with Crippen LogP contribution in [0.5, 0.6) is 11.5 Å². The van der Waals surface area contributed by atoms with Crippen LogP contribution < -0.4 is 4.74 Å². The second-order valence-corrected chi connectivity index (χ2v) is 4.56. The topological polar surface area (TPSA) is 76.2 Å². The summed E-state index contributed by atoms with van der Waals surface area (Å²) >= 11 is 3.27. The van der Waals surface area contributed by atoms with Crippen molar-refractivity contribution in [3.63, 3.8) is 0 Å². The highest BCUT2D eigenvalue weighted by Crippen LogP contribution is 2.28. The lowest BCUT2D eigenvalue weighted by Gasteiger charge is -2.06. The fourth-order valence-corrected chi connectivity index (χ4v) is 1.96. The molecule has 5 nitrogen and oxygen atoms in total. The summed E-state index contributed by atoms with van der Waals surface area (Å²) in [5.74, 6) is 0.780. The normalized spacial score (nSPS) is 9.68. The highest BCUT2D eigenvalue weighted by molar-refractivity contribution is 9.10. The van der Waals surface area contributed by atoms with Crippen molar-refractivity contribution in [2.45, 2.75) is 0 Å². The minimum Gasteiger partial charge on any atom is -0.457 e. The molecule has 0 heterocycles. The molecule has 2 aromatic carbocycles. The van der Waals surface area contributed by atoms with Crippen LogP contribution in [-0.4, -0.2) is 4.92 Å². The Morgan fingerprint density at radius 2 is 2.00 bits per heavy atom. The van der Waals surface area contributed by atoms with Crippen LogP contribution in [-0.2, 0) is 0 Å². The van der Waals surface area contributed by atoms with Crippen molar-refractivity contribution in [3.05, 3.63) is 62.6 Å². The molecular formula is C13H7BrN2O3. The van der Waals surface area contributed by atoms with E-state index in [1.54, 1.807) is 24.3 Å². The number of rotatable bonds is 3. The third-order valence-electron chi connectivity index (χ3n) is 2.26. The van der Waals surface area contributed by atoms with Crippen LogP contribution in [0.3, 0.4) is 0 Å². The molecule has 0 aliphatic carbocycles. The highest BCUT2D eigenvalue weighted by Gasteiger charge is 2.08. The zero-order valence-corrected chi connectivity index (χ0v) is 11.1. The van der Waals surface area contributed by atoms with E-state index in [9.17, 15) is 10.1 Å². The highest BCUT2D eigenvalue weighted by atomic mass is 79.9. The van der Waals surface area contributed by atoms with Gasteiger partial charge < -0.3 is 4.74 Å². The van der Waals surface area contributed by atoms with Gasteiger partial charge in [0.1, 0.15) is 11.5 Å². The Kier molecular flexibility index (Phi) is 3.78. The second kappa shape index (κ2) is 5.50. The molecule has 0 atom stereocenters. The van der Waals surface area contributed by atoms with Gasteiger partial charge in [-0.25, -0.2) is 0 Å². The monoisotopic (exact) mass is 318 g/mol. The van der Waals surface area contributed by atoms with Crippen LogP contribution in [0, 0.1) is 21.4 Å². The molecule has 0 saturated heterocycles. The molecule has 19 heavy (non-hydrogen) atoms. The van der Waals surface area contributed by atoms with Crippen LogP contribution in [0.1, 0.15) is 5.56 Å². The molecule has 0 amide bonds. The zero-order valence-electron chi connectivity index (χ0n) is 9.54. The molecule has 2 aromatic rings. The summed E-state index contributed by atoms with van der Waals surface area (Å²) in [7, 11) is 0. The molecule has 6 heteroatoms. The first kappa shape index (κ1) is 13.1. The molecule has 0 unspecified atom stereocenters. The maximum atomic E-state index is 10.7. The van der Waals surface area contributed by atoms with Crippen molar-refractivity contribution in [2.75, 3.05) is 0 Å². The Balaban J connectivity index is 2.31. The van der Waals surface area contributed by atoms with E-state index in [4.69, 9.17) is 10.00 Å². The first-order chi connectivity index (χ1) is 9.08. The molecule has 2 rings (SSSR count). The Hall–Kier alpha value is -2.39. The van der Waals surface area contributed by atoms with Gasteiger partial charge in [-0.2, -0.15) is 5.26 Å². The lowest BCUT2D eigenvalue weighted by Crippen LogP contribution is -1.90. The van der Waals surface area contributed by atoms with Crippen LogP contribution in [0.4, 0.5) is 5.69 Å². The van der Waals surface area contributed by atoms with E-state index < -0.39 is 4.92 Å². The SMILES string of the molecule is N#Cc1cc(Br)cc(Oc2cccc([N+](=O)[O-])c2)c1. The van der Waals surface area contributed by atoms with E-state index in [1.165, 1.54) is 18.2 Å². The number of halogens is 1. The fourth-order valence-electron chi connectivity index (χ4n) is 1.48. The van der Waals surface area contributed by atoms with Gasteiger partial charge in [-0.15, -0.1) is 0 Å². The number of ether oxygens (including phenoxy) is 1. The molecule has 0 aliphatic rings.